The average molecular weight is 310 g/mol. The van der Waals surface area contributed by atoms with Gasteiger partial charge in [-0.1, -0.05) is 45.0 Å². The van der Waals surface area contributed by atoms with Crippen LogP contribution in [0, 0.1) is 0 Å². The van der Waals surface area contributed by atoms with E-state index in [0.717, 1.165) is 18.2 Å². The first-order chi connectivity index (χ1) is 9.76. The molecule has 1 aliphatic rings. The summed E-state index contributed by atoms with van der Waals surface area (Å²) in [6.07, 6.45) is 2.32. The molecule has 1 fully saturated rings. The molecule has 20 heavy (non-hydrogen) atoms. The van der Waals surface area contributed by atoms with Crippen LogP contribution in [0.2, 0.25) is 0 Å². The largest absolute Gasteiger partial charge is 0.309 e. The third-order valence-corrected chi connectivity index (χ3v) is 7.12. The number of hydrogen-bond donors (Lipinski definition) is 1. The summed E-state index contributed by atoms with van der Waals surface area (Å²) in [5, 5.41) is 5.21. The Kier molecular flexibility index (Phi) is 6.79. The maximum absolute atomic E-state index is 3.79. The molecule has 0 spiro atoms. The Morgan fingerprint density at radius 3 is 2.45 bits per heavy atom. The highest BCUT2D eigenvalue weighted by molar-refractivity contribution is 8.07. The molecule has 0 amide bonds. The minimum Gasteiger partial charge on any atom is -0.309 e. The maximum Gasteiger partial charge on any atom is 0.0451 e. The molecule has 0 aliphatic carbocycles. The number of thioether (sulfide) groups is 2. The van der Waals surface area contributed by atoms with E-state index in [0.29, 0.717) is 11.3 Å². The highest BCUT2D eigenvalue weighted by Crippen LogP contribution is 2.38. The lowest BCUT2D eigenvalue weighted by molar-refractivity contribution is 0.508. The normalized spacial score (nSPS) is 24.6. The van der Waals surface area contributed by atoms with E-state index >= 15 is 0 Å². The molecule has 3 unspecified atom stereocenters. The van der Waals surface area contributed by atoms with E-state index in [1.54, 1.807) is 0 Å². The summed E-state index contributed by atoms with van der Waals surface area (Å²) in [6, 6.07) is 9.74. The first kappa shape index (κ1) is 16.3. The number of hydrogen-bond acceptors (Lipinski definition) is 3. The van der Waals surface area contributed by atoms with Gasteiger partial charge in [-0.05, 0) is 30.5 Å². The molecular weight excluding hydrogens is 282 g/mol. The monoisotopic (exact) mass is 309 g/mol. The van der Waals surface area contributed by atoms with Crippen molar-refractivity contribution in [2.24, 2.45) is 0 Å². The van der Waals surface area contributed by atoms with Crippen LogP contribution in [-0.2, 0) is 6.42 Å². The van der Waals surface area contributed by atoms with Gasteiger partial charge in [0.2, 0.25) is 0 Å². The van der Waals surface area contributed by atoms with E-state index < -0.39 is 0 Å². The van der Waals surface area contributed by atoms with Crippen molar-refractivity contribution in [2.75, 3.05) is 18.1 Å². The molecule has 1 saturated heterocycles. The molecule has 1 N–H and O–H groups in total. The van der Waals surface area contributed by atoms with Gasteiger partial charge in [0.15, 0.2) is 0 Å². The van der Waals surface area contributed by atoms with Gasteiger partial charge in [0, 0.05) is 28.0 Å². The summed E-state index contributed by atoms with van der Waals surface area (Å²) in [4.78, 5) is 0. The lowest BCUT2D eigenvalue weighted by Crippen LogP contribution is -2.38. The van der Waals surface area contributed by atoms with E-state index in [1.807, 2.05) is 0 Å². The van der Waals surface area contributed by atoms with Crippen molar-refractivity contribution in [3.8, 4) is 0 Å². The van der Waals surface area contributed by atoms with Crippen molar-refractivity contribution in [3.63, 3.8) is 0 Å². The van der Waals surface area contributed by atoms with Crippen LogP contribution >= 0.6 is 23.5 Å². The lowest BCUT2D eigenvalue weighted by Gasteiger charge is -2.35. The molecule has 3 heteroatoms. The zero-order valence-electron chi connectivity index (χ0n) is 12.9. The molecule has 112 valence electrons. The molecule has 3 atom stereocenters. The summed E-state index contributed by atoms with van der Waals surface area (Å²) in [7, 11) is 0. The SMILES string of the molecule is CCCNC(c1ccc(CC)cc1)C1SCCSC1C. The molecule has 1 nitrogen and oxygen atoms in total. The fraction of sp³-hybridized carbons (Fsp3) is 0.647. The van der Waals surface area contributed by atoms with Gasteiger partial charge in [0.25, 0.3) is 0 Å². The van der Waals surface area contributed by atoms with Crippen molar-refractivity contribution in [1.29, 1.82) is 0 Å². The number of rotatable bonds is 6. The van der Waals surface area contributed by atoms with Crippen LogP contribution in [0.25, 0.3) is 0 Å². The minimum absolute atomic E-state index is 0.494. The Balaban J connectivity index is 2.16. The number of benzene rings is 1. The second-order valence-corrected chi connectivity index (χ2v) is 8.21. The van der Waals surface area contributed by atoms with Gasteiger partial charge < -0.3 is 5.32 Å². The van der Waals surface area contributed by atoms with Crippen molar-refractivity contribution in [3.05, 3.63) is 35.4 Å². The van der Waals surface area contributed by atoms with E-state index in [-0.39, 0.29) is 0 Å². The summed E-state index contributed by atoms with van der Waals surface area (Å²) in [5.74, 6) is 2.59. The predicted octanol–water partition coefficient (Wildman–Crippen LogP) is 4.53. The van der Waals surface area contributed by atoms with Crippen LogP contribution in [0.15, 0.2) is 24.3 Å². The van der Waals surface area contributed by atoms with Crippen molar-refractivity contribution < 1.29 is 0 Å². The van der Waals surface area contributed by atoms with Crippen LogP contribution in [0.1, 0.15) is 44.4 Å². The fourth-order valence-corrected chi connectivity index (χ4v) is 5.65. The fourth-order valence-electron chi connectivity index (χ4n) is 2.70. The van der Waals surface area contributed by atoms with Crippen LogP contribution in [-0.4, -0.2) is 28.6 Å². The smallest absolute Gasteiger partial charge is 0.0451 e. The minimum atomic E-state index is 0.494. The third-order valence-electron chi connectivity index (χ3n) is 3.93. The molecular formula is C17H27NS2. The topological polar surface area (TPSA) is 12.0 Å². The van der Waals surface area contributed by atoms with E-state index in [2.05, 4.69) is 73.9 Å². The Bertz CT molecular complexity index is 390. The average Bonchev–Trinajstić information content (AvgIpc) is 2.50. The highest BCUT2D eigenvalue weighted by Gasteiger charge is 2.30. The predicted molar refractivity (Wildman–Crippen MR) is 95.0 cm³/mol. The van der Waals surface area contributed by atoms with Crippen LogP contribution in [0.3, 0.4) is 0 Å². The molecule has 1 heterocycles. The zero-order chi connectivity index (χ0) is 14.4. The van der Waals surface area contributed by atoms with E-state index in [1.165, 1.54) is 29.1 Å². The van der Waals surface area contributed by atoms with Crippen molar-refractivity contribution >= 4 is 23.5 Å². The van der Waals surface area contributed by atoms with Gasteiger partial charge in [-0.2, -0.15) is 23.5 Å². The first-order valence-corrected chi connectivity index (χ1v) is 9.91. The third kappa shape index (κ3) is 4.19. The molecule has 0 bridgehead atoms. The Morgan fingerprint density at radius 1 is 1.15 bits per heavy atom. The summed E-state index contributed by atoms with van der Waals surface area (Å²) in [5.41, 5.74) is 2.89. The van der Waals surface area contributed by atoms with Crippen LogP contribution in [0.4, 0.5) is 0 Å². The Hall–Kier alpha value is -0.120. The second kappa shape index (κ2) is 8.35. The Labute approximate surface area is 132 Å². The van der Waals surface area contributed by atoms with Gasteiger partial charge >= 0.3 is 0 Å². The van der Waals surface area contributed by atoms with Crippen molar-refractivity contribution in [2.45, 2.75) is 50.2 Å². The number of aryl methyl sites for hydroxylation is 1. The van der Waals surface area contributed by atoms with Gasteiger partial charge in [-0.15, -0.1) is 0 Å². The maximum atomic E-state index is 3.79. The first-order valence-electron chi connectivity index (χ1n) is 7.81. The van der Waals surface area contributed by atoms with Crippen LogP contribution < -0.4 is 5.32 Å². The molecule has 0 aromatic heterocycles. The Morgan fingerprint density at radius 2 is 1.85 bits per heavy atom. The molecule has 0 radical (unpaired) electrons. The standard InChI is InChI=1S/C17H27NS2/c1-4-10-18-16(17-13(3)19-11-12-20-17)15-8-6-14(5-2)7-9-15/h6-9,13,16-18H,4-5,10-12H2,1-3H3. The quantitative estimate of drug-likeness (QED) is 0.829. The molecule has 1 aromatic rings. The zero-order valence-corrected chi connectivity index (χ0v) is 14.5. The summed E-state index contributed by atoms with van der Waals surface area (Å²) < 4.78 is 0. The summed E-state index contributed by atoms with van der Waals surface area (Å²) >= 11 is 4.28. The van der Waals surface area contributed by atoms with E-state index in [9.17, 15) is 0 Å². The molecule has 2 rings (SSSR count). The summed E-state index contributed by atoms with van der Waals surface area (Å²) in [6.45, 7) is 7.96. The van der Waals surface area contributed by atoms with Crippen LogP contribution in [0.5, 0.6) is 0 Å². The van der Waals surface area contributed by atoms with E-state index in [4.69, 9.17) is 0 Å². The molecule has 0 saturated carbocycles. The molecule has 1 aromatic carbocycles. The van der Waals surface area contributed by atoms with Gasteiger partial charge in [0.05, 0.1) is 0 Å². The van der Waals surface area contributed by atoms with Gasteiger partial charge in [-0.3, -0.25) is 0 Å². The van der Waals surface area contributed by atoms with Gasteiger partial charge in [0.1, 0.15) is 0 Å². The number of nitrogens with one attached hydrogen (secondary N) is 1. The lowest BCUT2D eigenvalue weighted by atomic mass is 9.99. The van der Waals surface area contributed by atoms with Crippen molar-refractivity contribution in [1.82, 2.24) is 5.32 Å². The molecule has 1 aliphatic heterocycles. The highest BCUT2D eigenvalue weighted by atomic mass is 32.2. The second-order valence-electron chi connectivity index (χ2n) is 5.44. The van der Waals surface area contributed by atoms with Gasteiger partial charge in [-0.25, -0.2) is 0 Å².